The summed E-state index contributed by atoms with van der Waals surface area (Å²) in [5.41, 5.74) is 6.82. The molecular weight excluding hydrogens is 224 g/mol. The molecule has 18 heavy (non-hydrogen) atoms. The number of rotatable bonds is 6. The topological polar surface area (TPSA) is 38.5 Å². The van der Waals surface area contributed by atoms with E-state index in [1.54, 1.807) is 7.11 Å². The average Bonchev–Trinajstić information content (AvgIpc) is 3.12. The monoisotopic (exact) mass is 254 g/mol. The van der Waals surface area contributed by atoms with Gasteiger partial charge in [0.05, 0.1) is 6.61 Å². The number of nitrogens with zero attached hydrogens (tertiary/aromatic N) is 1. The Bertz CT molecular complexity index is 263. The third kappa shape index (κ3) is 3.94. The van der Waals surface area contributed by atoms with E-state index in [-0.39, 0.29) is 0 Å². The lowest BCUT2D eigenvalue weighted by atomic mass is 9.70. The Labute approximate surface area is 112 Å². The van der Waals surface area contributed by atoms with Gasteiger partial charge in [0.2, 0.25) is 0 Å². The second kappa shape index (κ2) is 5.89. The highest BCUT2D eigenvalue weighted by Gasteiger charge is 2.36. The van der Waals surface area contributed by atoms with Gasteiger partial charge in [-0.2, -0.15) is 0 Å². The minimum absolute atomic E-state index is 0.404. The van der Waals surface area contributed by atoms with Gasteiger partial charge in [0, 0.05) is 32.3 Å². The van der Waals surface area contributed by atoms with Gasteiger partial charge in [0.1, 0.15) is 0 Å². The molecule has 2 aliphatic carbocycles. The summed E-state index contributed by atoms with van der Waals surface area (Å²) >= 11 is 0. The van der Waals surface area contributed by atoms with E-state index in [2.05, 4.69) is 18.7 Å². The van der Waals surface area contributed by atoms with E-state index >= 15 is 0 Å². The van der Waals surface area contributed by atoms with Crippen LogP contribution >= 0.6 is 0 Å². The highest BCUT2D eigenvalue weighted by molar-refractivity contribution is 4.92. The molecule has 0 saturated heterocycles. The Morgan fingerprint density at radius 2 is 2.00 bits per heavy atom. The lowest BCUT2D eigenvalue weighted by Gasteiger charge is -2.41. The third-order valence-corrected chi connectivity index (χ3v) is 4.69. The van der Waals surface area contributed by atoms with Crippen molar-refractivity contribution in [3.05, 3.63) is 0 Å². The third-order valence-electron chi connectivity index (χ3n) is 4.69. The predicted molar refractivity (Wildman–Crippen MR) is 75.6 cm³/mol. The van der Waals surface area contributed by atoms with Gasteiger partial charge in [-0.05, 0) is 43.4 Å². The van der Waals surface area contributed by atoms with Gasteiger partial charge in [0.15, 0.2) is 0 Å². The maximum Gasteiger partial charge on any atom is 0.0589 e. The molecule has 0 aromatic rings. The summed E-state index contributed by atoms with van der Waals surface area (Å²) in [7, 11) is 1.79. The van der Waals surface area contributed by atoms with Gasteiger partial charge in [-0.3, -0.25) is 4.90 Å². The molecule has 0 aliphatic heterocycles. The van der Waals surface area contributed by atoms with Crippen molar-refractivity contribution in [2.75, 3.05) is 26.8 Å². The molecule has 2 aliphatic rings. The summed E-state index contributed by atoms with van der Waals surface area (Å²) < 4.78 is 5.23. The molecule has 0 amide bonds. The summed E-state index contributed by atoms with van der Waals surface area (Å²) in [4.78, 5) is 2.62. The van der Waals surface area contributed by atoms with Crippen molar-refractivity contribution in [3.63, 3.8) is 0 Å². The summed E-state index contributed by atoms with van der Waals surface area (Å²) in [6.07, 6.45) is 6.50. The highest BCUT2D eigenvalue weighted by Crippen LogP contribution is 2.39. The van der Waals surface area contributed by atoms with Crippen molar-refractivity contribution in [2.45, 2.75) is 58.0 Å². The first kappa shape index (κ1) is 14.3. The van der Waals surface area contributed by atoms with Gasteiger partial charge < -0.3 is 10.5 Å². The zero-order valence-electron chi connectivity index (χ0n) is 12.3. The van der Waals surface area contributed by atoms with E-state index in [0.717, 1.165) is 19.2 Å². The molecule has 0 spiro atoms. The standard InChI is InChI=1S/C15H30N2O/c1-15(2)7-6-14(16)12(10-15)11-17(8-9-18-3)13-4-5-13/h12-14H,4-11,16H2,1-3H3. The lowest BCUT2D eigenvalue weighted by molar-refractivity contribution is 0.0898. The minimum Gasteiger partial charge on any atom is -0.383 e. The summed E-state index contributed by atoms with van der Waals surface area (Å²) in [6.45, 7) is 7.89. The van der Waals surface area contributed by atoms with E-state index in [1.165, 1.54) is 38.6 Å². The molecule has 3 nitrogen and oxygen atoms in total. The summed E-state index contributed by atoms with van der Waals surface area (Å²) in [5.74, 6) is 0.672. The first-order valence-electron chi connectivity index (χ1n) is 7.50. The molecule has 2 N–H and O–H groups in total. The van der Waals surface area contributed by atoms with Crippen LogP contribution in [0.15, 0.2) is 0 Å². The van der Waals surface area contributed by atoms with Gasteiger partial charge in [-0.15, -0.1) is 0 Å². The molecule has 2 saturated carbocycles. The Morgan fingerprint density at radius 3 is 2.61 bits per heavy atom. The Balaban J connectivity index is 1.88. The van der Waals surface area contributed by atoms with Crippen molar-refractivity contribution in [2.24, 2.45) is 17.1 Å². The van der Waals surface area contributed by atoms with E-state index in [0.29, 0.717) is 17.4 Å². The summed E-state index contributed by atoms with van der Waals surface area (Å²) in [6, 6.07) is 1.22. The first-order valence-corrected chi connectivity index (χ1v) is 7.50. The van der Waals surface area contributed by atoms with Crippen LogP contribution in [0, 0.1) is 11.3 Å². The van der Waals surface area contributed by atoms with Crippen molar-refractivity contribution < 1.29 is 4.74 Å². The number of hydrogen-bond acceptors (Lipinski definition) is 3. The van der Waals surface area contributed by atoms with E-state index in [4.69, 9.17) is 10.5 Å². The smallest absolute Gasteiger partial charge is 0.0589 e. The fraction of sp³-hybridized carbons (Fsp3) is 1.00. The van der Waals surface area contributed by atoms with Crippen LogP contribution < -0.4 is 5.73 Å². The zero-order valence-corrected chi connectivity index (χ0v) is 12.3. The predicted octanol–water partition coefficient (Wildman–Crippen LogP) is 2.25. The summed E-state index contributed by atoms with van der Waals surface area (Å²) in [5, 5.41) is 0. The molecule has 106 valence electrons. The van der Waals surface area contributed by atoms with Crippen molar-refractivity contribution >= 4 is 0 Å². The van der Waals surface area contributed by atoms with E-state index < -0.39 is 0 Å². The molecule has 0 aromatic heterocycles. The number of hydrogen-bond donors (Lipinski definition) is 1. The normalized spacial score (nSPS) is 31.8. The SMILES string of the molecule is COCCN(CC1CC(C)(C)CCC1N)C1CC1. The van der Waals surface area contributed by atoms with Crippen molar-refractivity contribution in [1.29, 1.82) is 0 Å². The van der Waals surface area contributed by atoms with Gasteiger partial charge in [-0.1, -0.05) is 13.8 Å². The van der Waals surface area contributed by atoms with Crippen LogP contribution in [0.2, 0.25) is 0 Å². The second-order valence-corrected chi connectivity index (χ2v) is 7.05. The average molecular weight is 254 g/mol. The van der Waals surface area contributed by atoms with Crippen LogP contribution in [-0.4, -0.2) is 43.8 Å². The molecular formula is C15H30N2O. The quantitative estimate of drug-likeness (QED) is 0.790. The lowest BCUT2D eigenvalue weighted by Crippen LogP contribution is -2.46. The fourth-order valence-electron chi connectivity index (χ4n) is 3.33. The molecule has 3 heteroatoms. The number of ether oxygens (including phenoxy) is 1. The second-order valence-electron chi connectivity index (χ2n) is 7.05. The largest absolute Gasteiger partial charge is 0.383 e. The Kier molecular flexibility index (Phi) is 4.68. The van der Waals surface area contributed by atoms with Crippen LogP contribution in [0.3, 0.4) is 0 Å². The van der Waals surface area contributed by atoms with Crippen LogP contribution in [0.25, 0.3) is 0 Å². The van der Waals surface area contributed by atoms with E-state index in [1.807, 2.05) is 0 Å². The zero-order chi connectivity index (χ0) is 13.2. The van der Waals surface area contributed by atoms with Gasteiger partial charge >= 0.3 is 0 Å². The van der Waals surface area contributed by atoms with Gasteiger partial charge in [0.25, 0.3) is 0 Å². The van der Waals surface area contributed by atoms with Crippen LogP contribution in [0.1, 0.15) is 46.0 Å². The van der Waals surface area contributed by atoms with Crippen LogP contribution in [0.5, 0.6) is 0 Å². The fourth-order valence-corrected chi connectivity index (χ4v) is 3.33. The maximum atomic E-state index is 6.34. The van der Waals surface area contributed by atoms with Crippen molar-refractivity contribution in [1.82, 2.24) is 4.90 Å². The molecule has 0 aromatic carbocycles. The molecule has 0 bridgehead atoms. The molecule has 2 atom stereocenters. The molecule has 2 unspecified atom stereocenters. The molecule has 0 radical (unpaired) electrons. The Morgan fingerprint density at radius 1 is 1.28 bits per heavy atom. The Hall–Kier alpha value is -0.120. The van der Waals surface area contributed by atoms with Gasteiger partial charge in [-0.25, -0.2) is 0 Å². The minimum atomic E-state index is 0.404. The first-order chi connectivity index (χ1) is 8.52. The molecule has 2 rings (SSSR count). The maximum absolute atomic E-state index is 6.34. The van der Waals surface area contributed by atoms with Crippen molar-refractivity contribution in [3.8, 4) is 0 Å². The van der Waals surface area contributed by atoms with E-state index in [9.17, 15) is 0 Å². The van der Waals surface area contributed by atoms with Crippen LogP contribution in [-0.2, 0) is 4.74 Å². The number of methoxy groups -OCH3 is 1. The number of nitrogens with two attached hydrogens (primary N) is 1. The molecule has 2 fully saturated rings. The van der Waals surface area contributed by atoms with Crippen LogP contribution in [0.4, 0.5) is 0 Å². The highest BCUT2D eigenvalue weighted by atomic mass is 16.5. The molecule has 0 heterocycles.